The number of para-hydroxylation sites is 1. The van der Waals surface area contributed by atoms with Crippen molar-refractivity contribution in [3.63, 3.8) is 0 Å². The molecule has 0 unspecified atom stereocenters. The minimum atomic E-state index is -0.514. The number of aliphatic hydroxyl groups excluding tert-OH is 1. The quantitative estimate of drug-likeness (QED) is 0.459. The van der Waals surface area contributed by atoms with E-state index in [1.165, 1.54) is 17.1 Å². The number of amides is 3. The number of aromatic nitrogens is 3. The van der Waals surface area contributed by atoms with Crippen LogP contribution in [0.25, 0.3) is 0 Å². The Kier molecular flexibility index (Phi) is 6.74. The van der Waals surface area contributed by atoms with Crippen LogP contribution in [0.15, 0.2) is 61.1 Å². The average Bonchev–Trinajstić information content (AvgIpc) is 3.15. The first-order chi connectivity index (χ1) is 14.1. The molecule has 150 valence electrons. The molecule has 0 aliphatic heterocycles. The summed E-state index contributed by atoms with van der Waals surface area (Å²) in [5.74, 6) is 0.553. The van der Waals surface area contributed by atoms with E-state index in [1.54, 1.807) is 30.5 Å². The minimum Gasteiger partial charge on any atom is -0.437 e. The zero-order valence-corrected chi connectivity index (χ0v) is 15.4. The summed E-state index contributed by atoms with van der Waals surface area (Å²) in [4.78, 5) is 28.1. The molecular formula is C19H20N6O4. The van der Waals surface area contributed by atoms with Gasteiger partial charge in [0.1, 0.15) is 18.0 Å². The molecule has 0 aliphatic carbocycles. The summed E-state index contributed by atoms with van der Waals surface area (Å²) in [7, 11) is 0. The molecule has 29 heavy (non-hydrogen) atoms. The fourth-order valence-electron chi connectivity index (χ4n) is 2.37. The van der Waals surface area contributed by atoms with Gasteiger partial charge in [0.05, 0.1) is 18.5 Å². The van der Waals surface area contributed by atoms with Crippen LogP contribution < -0.4 is 20.7 Å². The first-order valence-electron chi connectivity index (χ1n) is 8.80. The van der Waals surface area contributed by atoms with E-state index in [1.807, 2.05) is 18.2 Å². The highest BCUT2D eigenvalue weighted by Crippen LogP contribution is 2.26. The third kappa shape index (κ3) is 6.04. The van der Waals surface area contributed by atoms with Crippen molar-refractivity contribution < 1.29 is 19.4 Å². The molecule has 3 aromatic rings. The summed E-state index contributed by atoms with van der Waals surface area (Å²) in [6, 6.07) is 11.9. The molecule has 0 atom stereocenters. The second kappa shape index (κ2) is 9.85. The Morgan fingerprint density at radius 2 is 1.93 bits per heavy atom. The van der Waals surface area contributed by atoms with Gasteiger partial charge in [0.2, 0.25) is 11.8 Å². The van der Waals surface area contributed by atoms with Gasteiger partial charge in [-0.25, -0.2) is 9.78 Å². The van der Waals surface area contributed by atoms with Crippen LogP contribution in [0, 0.1) is 0 Å². The van der Waals surface area contributed by atoms with Crippen molar-refractivity contribution in [2.24, 2.45) is 0 Å². The number of benzene rings is 1. The number of pyridine rings is 1. The summed E-state index contributed by atoms with van der Waals surface area (Å²) in [5, 5.41) is 20.5. The summed E-state index contributed by atoms with van der Waals surface area (Å²) >= 11 is 0. The van der Waals surface area contributed by atoms with E-state index in [0.29, 0.717) is 17.1 Å². The van der Waals surface area contributed by atoms with Crippen molar-refractivity contribution in [3.8, 4) is 11.6 Å². The number of carbonyl (C=O) groups excluding carboxylic acids is 2. The molecule has 0 spiro atoms. The molecule has 3 rings (SSSR count). The summed E-state index contributed by atoms with van der Waals surface area (Å²) in [6.07, 6.45) is 4.50. The van der Waals surface area contributed by atoms with Gasteiger partial charge in [-0.3, -0.25) is 9.48 Å². The van der Waals surface area contributed by atoms with Crippen molar-refractivity contribution in [2.45, 2.75) is 6.54 Å². The second-order valence-corrected chi connectivity index (χ2v) is 5.85. The number of hydrogen-bond acceptors (Lipinski definition) is 6. The average molecular weight is 396 g/mol. The van der Waals surface area contributed by atoms with Gasteiger partial charge >= 0.3 is 6.03 Å². The normalized spacial score (nSPS) is 10.2. The number of aliphatic hydroxyl groups is 1. The number of anilines is 2. The zero-order valence-electron chi connectivity index (χ0n) is 15.4. The van der Waals surface area contributed by atoms with Gasteiger partial charge in [0.15, 0.2) is 0 Å². The number of nitrogens with zero attached hydrogens (tertiary/aromatic N) is 3. The summed E-state index contributed by atoms with van der Waals surface area (Å²) < 4.78 is 7.08. The van der Waals surface area contributed by atoms with Crippen molar-refractivity contribution in [1.82, 2.24) is 20.1 Å². The highest BCUT2D eigenvalue weighted by molar-refractivity contribution is 6.00. The predicted molar refractivity (Wildman–Crippen MR) is 106 cm³/mol. The van der Waals surface area contributed by atoms with Crippen LogP contribution in [-0.4, -0.2) is 45.0 Å². The van der Waals surface area contributed by atoms with E-state index in [4.69, 9.17) is 9.84 Å². The first-order valence-corrected chi connectivity index (χ1v) is 8.80. The van der Waals surface area contributed by atoms with Gasteiger partial charge < -0.3 is 25.8 Å². The van der Waals surface area contributed by atoms with Crippen LogP contribution in [0.1, 0.15) is 0 Å². The second-order valence-electron chi connectivity index (χ2n) is 5.85. The molecule has 0 fully saturated rings. The number of rotatable bonds is 8. The summed E-state index contributed by atoms with van der Waals surface area (Å²) in [5.41, 5.74) is 0.802. The maximum atomic E-state index is 12.3. The van der Waals surface area contributed by atoms with Gasteiger partial charge in [-0.15, -0.1) is 0 Å². The third-order valence-corrected chi connectivity index (χ3v) is 3.61. The molecule has 1 aromatic carbocycles. The molecule has 0 aliphatic rings. The van der Waals surface area contributed by atoms with Gasteiger partial charge in [-0.2, -0.15) is 5.10 Å². The number of urea groups is 1. The Labute approximate surface area is 166 Å². The molecule has 0 saturated heterocycles. The number of nitrogens with one attached hydrogen (secondary N) is 3. The maximum absolute atomic E-state index is 12.3. The number of ether oxygens (including phenoxy) is 1. The van der Waals surface area contributed by atoms with Gasteiger partial charge in [0.25, 0.3) is 0 Å². The first kappa shape index (κ1) is 19.8. The lowest BCUT2D eigenvalue weighted by Crippen LogP contribution is -2.30. The Hall–Kier alpha value is -3.92. The van der Waals surface area contributed by atoms with Gasteiger partial charge in [-0.05, 0) is 24.3 Å². The third-order valence-electron chi connectivity index (χ3n) is 3.61. The van der Waals surface area contributed by atoms with Crippen LogP contribution in [-0.2, 0) is 11.3 Å². The zero-order chi connectivity index (χ0) is 20.5. The van der Waals surface area contributed by atoms with Crippen LogP contribution >= 0.6 is 0 Å². The lowest BCUT2D eigenvalue weighted by atomic mass is 10.3. The fourth-order valence-corrected chi connectivity index (χ4v) is 2.37. The van der Waals surface area contributed by atoms with E-state index in [9.17, 15) is 9.59 Å². The molecule has 10 nitrogen and oxygen atoms in total. The van der Waals surface area contributed by atoms with E-state index in [0.717, 1.165) is 0 Å². The standard InChI is InChI=1S/C19H20N6O4/c26-10-9-20-17(27)13-25-12-14(11-22-25)23-19(28)24-16-7-4-8-21-18(16)29-15-5-2-1-3-6-15/h1-8,11-12,26H,9-10,13H2,(H,20,27)(H2,23,24,28). The predicted octanol–water partition coefficient (Wildman–Crippen LogP) is 1.82. The topological polar surface area (TPSA) is 130 Å². The molecular weight excluding hydrogens is 376 g/mol. The fraction of sp³-hybridized carbons (Fsp3) is 0.158. The molecule has 0 bridgehead atoms. The van der Waals surface area contributed by atoms with Crippen LogP contribution in [0.3, 0.4) is 0 Å². The SMILES string of the molecule is O=C(Cn1cc(NC(=O)Nc2cccnc2Oc2ccccc2)cn1)NCCO. The van der Waals surface area contributed by atoms with E-state index >= 15 is 0 Å². The van der Waals surface area contributed by atoms with Gasteiger partial charge in [0, 0.05) is 18.9 Å². The van der Waals surface area contributed by atoms with E-state index in [2.05, 4.69) is 26.0 Å². The molecule has 0 radical (unpaired) electrons. The Bertz CT molecular complexity index is 960. The van der Waals surface area contributed by atoms with Gasteiger partial charge in [-0.1, -0.05) is 18.2 Å². The Balaban J connectivity index is 1.58. The molecule has 2 aromatic heterocycles. The monoisotopic (exact) mass is 396 g/mol. The lowest BCUT2D eigenvalue weighted by Gasteiger charge is -2.11. The number of carbonyl (C=O) groups is 2. The summed E-state index contributed by atoms with van der Waals surface area (Å²) in [6.45, 7) is 0.00915. The molecule has 0 saturated carbocycles. The maximum Gasteiger partial charge on any atom is 0.323 e. The molecule has 4 N–H and O–H groups in total. The van der Waals surface area contributed by atoms with Crippen LogP contribution in [0.5, 0.6) is 11.6 Å². The van der Waals surface area contributed by atoms with E-state index in [-0.39, 0.29) is 31.5 Å². The van der Waals surface area contributed by atoms with Crippen molar-refractivity contribution in [3.05, 3.63) is 61.1 Å². The molecule has 2 heterocycles. The molecule has 10 heteroatoms. The largest absolute Gasteiger partial charge is 0.437 e. The van der Waals surface area contributed by atoms with Crippen LogP contribution in [0.2, 0.25) is 0 Å². The minimum absolute atomic E-state index is 0.0268. The molecule has 3 amide bonds. The lowest BCUT2D eigenvalue weighted by molar-refractivity contribution is -0.122. The smallest absolute Gasteiger partial charge is 0.323 e. The highest BCUT2D eigenvalue weighted by Gasteiger charge is 2.11. The number of hydrogen-bond donors (Lipinski definition) is 4. The van der Waals surface area contributed by atoms with Crippen molar-refractivity contribution in [2.75, 3.05) is 23.8 Å². The Morgan fingerprint density at radius 3 is 2.72 bits per heavy atom. The Morgan fingerprint density at radius 1 is 1.10 bits per heavy atom. The highest BCUT2D eigenvalue weighted by atomic mass is 16.5. The van der Waals surface area contributed by atoms with Crippen molar-refractivity contribution in [1.29, 1.82) is 0 Å². The van der Waals surface area contributed by atoms with Crippen molar-refractivity contribution >= 4 is 23.3 Å². The van der Waals surface area contributed by atoms with Crippen LogP contribution in [0.4, 0.5) is 16.2 Å². The van der Waals surface area contributed by atoms with E-state index < -0.39 is 6.03 Å².